The van der Waals surface area contributed by atoms with Gasteiger partial charge in [0.05, 0.1) is 6.61 Å². The minimum atomic E-state index is -0.133. The average Bonchev–Trinajstić information content (AvgIpc) is 2.41. The fraction of sp³-hybridized carbons (Fsp3) is 0.600. The molecule has 1 fully saturated rings. The fourth-order valence-corrected chi connectivity index (χ4v) is 3.52. The number of fused-ring (bicyclic) bond motifs is 1. The first kappa shape index (κ1) is 13.4. The third-order valence-corrected chi connectivity index (χ3v) is 4.48. The summed E-state index contributed by atoms with van der Waals surface area (Å²) in [6, 6.07) is 6.64. The molecule has 3 nitrogen and oxygen atoms in total. The van der Waals surface area contributed by atoms with Crippen LogP contribution in [-0.4, -0.2) is 25.4 Å². The number of ether oxygens (including phenoxy) is 2. The van der Waals surface area contributed by atoms with E-state index in [1.807, 2.05) is 6.07 Å². The summed E-state index contributed by atoms with van der Waals surface area (Å²) in [6.07, 6.45) is 3.17. The molecule has 1 N–H and O–H groups in total. The Bertz CT molecular complexity index is 457. The molecular formula is C15H20BrNO2. The van der Waals surface area contributed by atoms with Gasteiger partial charge >= 0.3 is 0 Å². The van der Waals surface area contributed by atoms with E-state index < -0.39 is 0 Å². The molecule has 4 heteroatoms. The maximum Gasteiger partial charge on any atom is 0.134 e. The molecule has 1 saturated heterocycles. The van der Waals surface area contributed by atoms with Gasteiger partial charge in [-0.15, -0.1) is 0 Å². The van der Waals surface area contributed by atoms with Crippen molar-refractivity contribution in [3.05, 3.63) is 28.2 Å². The Morgan fingerprint density at radius 1 is 1.47 bits per heavy atom. The summed E-state index contributed by atoms with van der Waals surface area (Å²) < 4.78 is 13.1. The number of hydrogen-bond donors (Lipinski definition) is 1. The van der Waals surface area contributed by atoms with Crippen LogP contribution < -0.4 is 10.1 Å². The van der Waals surface area contributed by atoms with Gasteiger partial charge in [0.1, 0.15) is 11.4 Å². The second kappa shape index (κ2) is 5.43. The van der Waals surface area contributed by atoms with E-state index in [1.54, 1.807) is 0 Å². The highest BCUT2D eigenvalue weighted by Crippen LogP contribution is 2.43. The molecule has 19 heavy (non-hydrogen) atoms. The van der Waals surface area contributed by atoms with Crippen LogP contribution in [0.15, 0.2) is 22.7 Å². The monoisotopic (exact) mass is 325 g/mol. The summed E-state index contributed by atoms with van der Waals surface area (Å²) in [7, 11) is 0. The first-order valence-corrected chi connectivity index (χ1v) is 7.81. The standard InChI is InChI=1S/C15H20BrNO2/c1-2-17-13-9-15(6-3-7-18-10-15)19-14-5-4-11(16)8-12(13)14/h4-5,8,13,17H,2-3,6-7,9-10H2,1H3. The molecule has 3 rings (SSSR count). The van der Waals surface area contributed by atoms with E-state index in [0.29, 0.717) is 12.6 Å². The molecule has 1 aromatic rings. The van der Waals surface area contributed by atoms with E-state index in [1.165, 1.54) is 5.56 Å². The number of benzene rings is 1. The lowest BCUT2D eigenvalue weighted by atomic mass is 9.83. The number of halogens is 1. The SMILES string of the molecule is CCNC1CC2(CCCOC2)Oc2ccc(Br)cc21. The Kier molecular flexibility index (Phi) is 3.83. The van der Waals surface area contributed by atoms with Gasteiger partial charge in [0.2, 0.25) is 0 Å². The summed E-state index contributed by atoms with van der Waals surface area (Å²) in [5.41, 5.74) is 1.12. The summed E-state index contributed by atoms with van der Waals surface area (Å²) in [5.74, 6) is 1.01. The van der Waals surface area contributed by atoms with Crippen molar-refractivity contribution < 1.29 is 9.47 Å². The first-order chi connectivity index (χ1) is 9.22. The predicted octanol–water partition coefficient (Wildman–Crippen LogP) is 3.43. The Morgan fingerprint density at radius 3 is 3.11 bits per heavy atom. The molecular weight excluding hydrogens is 306 g/mol. The molecule has 0 aliphatic carbocycles. The third-order valence-electron chi connectivity index (χ3n) is 3.99. The van der Waals surface area contributed by atoms with Gasteiger partial charge in [0.25, 0.3) is 0 Å². The lowest BCUT2D eigenvalue weighted by molar-refractivity contribution is -0.0854. The lowest BCUT2D eigenvalue weighted by Gasteiger charge is -2.44. The van der Waals surface area contributed by atoms with Crippen LogP contribution in [0, 0.1) is 0 Å². The van der Waals surface area contributed by atoms with Gasteiger partial charge in [-0.2, -0.15) is 0 Å². The highest BCUT2D eigenvalue weighted by Gasteiger charge is 2.42. The number of hydrogen-bond acceptors (Lipinski definition) is 3. The predicted molar refractivity (Wildman–Crippen MR) is 78.6 cm³/mol. The van der Waals surface area contributed by atoms with E-state index in [2.05, 4.69) is 40.3 Å². The summed E-state index contributed by atoms with van der Waals surface area (Å²) >= 11 is 3.55. The van der Waals surface area contributed by atoms with Crippen LogP contribution in [0.3, 0.4) is 0 Å². The van der Waals surface area contributed by atoms with Crippen molar-refractivity contribution in [1.82, 2.24) is 5.32 Å². The van der Waals surface area contributed by atoms with Crippen LogP contribution in [0.4, 0.5) is 0 Å². The van der Waals surface area contributed by atoms with Crippen molar-refractivity contribution in [3.63, 3.8) is 0 Å². The van der Waals surface area contributed by atoms with E-state index in [0.717, 1.165) is 42.6 Å². The fourth-order valence-electron chi connectivity index (χ4n) is 3.14. The number of rotatable bonds is 2. The Balaban J connectivity index is 1.94. The molecule has 104 valence electrons. The van der Waals surface area contributed by atoms with Crippen molar-refractivity contribution in [2.24, 2.45) is 0 Å². The quantitative estimate of drug-likeness (QED) is 0.903. The number of nitrogens with one attached hydrogen (secondary N) is 1. The lowest BCUT2D eigenvalue weighted by Crippen LogP contribution is -2.49. The zero-order valence-electron chi connectivity index (χ0n) is 11.2. The second-order valence-electron chi connectivity index (χ2n) is 5.44. The molecule has 1 spiro atoms. The highest BCUT2D eigenvalue weighted by atomic mass is 79.9. The third kappa shape index (κ3) is 2.67. The Morgan fingerprint density at radius 2 is 2.37 bits per heavy atom. The molecule has 1 aromatic carbocycles. The normalized spacial score (nSPS) is 29.9. The zero-order chi connectivity index (χ0) is 13.3. The topological polar surface area (TPSA) is 30.5 Å². The van der Waals surface area contributed by atoms with Crippen LogP contribution >= 0.6 is 15.9 Å². The minimum absolute atomic E-state index is 0.133. The molecule has 2 atom stereocenters. The summed E-state index contributed by atoms with van der Waals surface area (Å²) in [6.45, 7) is 4.69. The summed E-state index contributed by atoms with van der Waals surface area (Å²) in [5, 5.41) is 3.58. The van der Waals surface area contributed by atoms with Crippen LogP contribution in [0.25, 0.3) is 0 Å². The average molecular weight is 326 g/mol. The van der Waals surface area contributed by atoms with Crippen molar-refractivity contribution in [3.8, 4) is 5.75 Å². The minimum Gasteiger partial charge on any atom is -0.484 e. The molecule has 2 unspecified atom stereocenters. The van der Waals surface area contributed by atoms with Crippen LogP contribution in [0.1, 0.15) is 37.8 Å². The molecule has 2 heterocycles. The molecule has 2 aliphatic rings. The van der Waals surface area contributed by atoms with Crippen LogP contribution in [0.2, 0.25) is 0 Å². The molecule has 0 radical (unpaired) electrons. The van der Waals surface area contributed by atoms with Gasteiger partial charge in [-0.25, -0.2) is 0 Å². The van der Waals surface area contributed by atoms with Crippen molar-refractivity contribution >= 4 is 15.9 Å². The second-order valence-corrected chi connectivity index (χ2v) is 6.35. The van der Waals surface area contributed by atoms with E-state index in [9.17, 15) is 0 Å². The Labute approximate surface area is 122 Å². The highest BCUT2D eigenvalue weighted by molar-refractivity contribution is 9.10. The van der Waals surface area contributed by atoms with Gasteiger partial charge in [-0.1, -0.05) is 22.9 Å². The molecule has 0 amide bonds. The van der Waals surface area contributed by atoms with E-state index >= 15 is 0 Å². The van der Waals surface area contributed by atoms with Crippen molar-refractivity contribution in [2.75, 3.05) is 19.8 Å². The van der Waals surface area contributed by atoms with E-state index in [4.69, 9.17) is 9.47 Å². The smallest absolute Gasteiger partial charge is 0.134 e. The zero-order valence-corrected chi connectivity index (χ0v) is 12.8. The largest absolute Gasteiger partial charge is 0.484 e. The van der Waals surface area contributed by atoms with Gasteiger partial charge < -0.3 is 14.8 Å². The Hall–Kier alpha value is -0.580. The summed E-state index contributed by atoms with van der Waals surface area (Å²) in [4.78, 5) is 0. The van der Waals surface area contributed by atoms with Gasteiger partial charge in [-0.3, -0.25) is 0 Å². The molecule has 2 aliphatic heterocycles. The molecule has 0 saturated carbocycles. The van der Waals surface area contributed by atoms with E-state index in [-0.39, 0.29) is 5.60 Å². The molecule has 0 aromatic heterocycles. The van der Waals surface area contributed by atoms with Crippen LogP contribution in [0.5, 0.6) is 5.75 Å². The molecule has 0 bridgehead atoms. The van der Waals surface area contributed by atoms with Gasteiger partial charge in [0.15, 0.2) is 0 Å². The van der Waals surface area contributed by atoms with Crippen molar-refractivity contribution in [1.29, 1.82) is 0 Å². The first-order valence-electron chi connectivity index (χ1n) is 7.02. The van der Waals surface area contributed by atoms with Gasteiger partial charge in [0, 0.05) is 29.1 Å². The van der Waals surface area contributed by atoms with Crippen LogP contribution in [-0.2, 0) is 4.74 Å². The maximum atomic E-state index is 6.31. The maximum absolute atomic E-state index is 6.31. The van der Waals surface area contributed by atoms with Crippen molar-refractivity contribution in [2.45, 2.75) is 37.8 Å². The van der Waals surface area contributed by atoms with Gasteiger partial charge in [-0.05, 0) is 37.6 Å².